The summed E-state index contributed by atoms with van der Waals surface area (Å²) in [7, 11) is 0. The fraction of sp³-hybridized carbons (Fsp3) is 0.292. The van der Waals surface area contributed by atoms with Crippen molar-refractivity contribution in [1.29, 1.82) is 0 Å². The predicted octanol–water partition coefficient (Wildman–Crippen LogP) is 4.98. The van der Waals surface area contributed by atoms with Gasteiger partial charge in [0.15, 0.2) is 17.5 Å². The number of carbonyl (C=O) groups excluding carboxylic acids is 1. The van der Waals surface area contributed by atoms with Crippen molar-refractivity contribution in [1.82, 2.24) is 9.78 Å². The summed E-state index contributed by atoms with van der Waals surface area (Å²) < 4.78 is 46.8. The number of ether oxygens (including phenoxy) is 1. The third kappa shape index (κ3) is 5.60. The van der Waals surface area contributed by atoms with Gasteiger partial charge in [-0.1, -0.05) is 25.0 Å². The summed E-state index contributed by atoms with van der Waals surface area (Å²) in [5.41, 5.74) is 0.866. The minimum Gasteiger partial charge on any atom is -0.449 e. The van der Waals surface area contributed by atoms with E-state index in [0.29, 0.717) is 23.8 Å². The van der Waals surface area contributed by atoms with Gasteiger partial charge < -0.3 is 4.74 Å². The molecule has 172 valence electrons. The lowest BCUT2D eigenvalue weighted by Crippen LogP contribution is -2.18. The van der Waals surface area contributed by atoms with Crippen molar-refractivity contribution in [3.05, 3.63) is 87.6 Å². The second-order valence-electron chi connectivity index (χ2n) is 8.05. The van der Waals surface area contributed by atoms with Crippen molar-refractivity contribution < 1.29 is 22.7 Å². The molecule has 1 amide bonds. The van der Waals surface area contributed by atoms with E-state index in [1.54, 1.807) is 24.3 Å². The third-order valence-electron chi connectivity index (χ3n) is 5.58. The summed E-state index contributed by atoms with van der Waals surface area (Å²) in [6.07, 6.45) is 5.29. The quantitative estimate of drug-likeness (QED) is 0.530. The molecule has 1 aromatic heterocycles. The van der Waals surface area contributed by atoms with Gasteiger partial charge in [-0.05, 0) is 36.5 Å². The molecular formula is C24H22F3N3O3. The Morgan fingerprint density at radius 3 is 2.55 bits per heavy atom. The Bertz CT molecular complexity index is 1200. The van der Waals surface area contributed by atoms with Gasteiger partial charge in [-0.3, -0.25) is 10.1 Å². The number of nitrogens with zero attached hydrogens (tertiary/aromatic N) is 2. The molecule has 0 radical (unpaired) electrons. The zero-order chi connectivity index (χ0) is 23.4. The van der Waals surface area contributed by atoms with Crippen LogP contribution in [-0.2, 0) is 11.2 Å². The Hall–Kier alpha value is -3.62. The maximum absolute atomic E-state index is 13.6. The van der Waals surface area contributed by atoms with Crippen LogP contribution in [0.5, 0.6) is 0 Å². The molecular weight excluding hydrogens is 435 g/mol. The number of carbonyl (C=O) groups is 1. The van der Waals surface area contributed by atoms with E-state index < -0.39 is 23.5 Å². The minimum absolute atomic E-state index is 0.0620. The lowest BCUT2D eigenvalue weighted by atomic mass is 10.1. The molecule has 0 unspecified atom stereocenters. The van der Waals surface area contributed by atoms with E-state index in [1.807, 2.05) is 0 Å². The zero-order valence-corrected chi connectivity index (χ0v) is 17.7. The van der Waals surface area contributed by atoms with Crippen LogP contribution in [-0.4, -0.2) is 22.5 Å². The van der Waals surface area contributed by atoms with E-state index in [1.165, 1.54) is 12.3 Å². The van der Waals surface area contributed by atoms with Gasteiger partial charge in [-0.15, -0.1) is 0 Å². The van der Waals surface area contributed by atoms with Gasteiger partial charge in [0.1, 0.15) is 5.69 Å². The smallest absolute Gasteiger partial charge is 0.411 e. The standard InChI is InChI=1S/C24H22F3N3O3/c25-19-12-18(13-20(26)23(19)27)30-9-8-22(31)21(29-30)11-16-6-3-7-17(10-16)28-24(32)33-14-15-4-1-2-5-15/h3,6-10,12-13,15H,1-2,4-5,11,14H2,(H,28,32). The lowest BCUT2D eigenvalue weighted by Gasteiger charge is -2.12. The van der Waals surface area contributed by atoms with E-state index >= 15 is 0 Å². The molecule has 0 saturated heterocycles. The van der Waals surface area contributed by atoms with Crippen LogP contribution in [0.3, 0.4) is 0 Å². The number of aromatic nitrogens is 2. The van der Waals surface area contributed by atoms with Crippen LogP contribution < -0.4 is 10.7 Å². The number of hydrogen-bond acceptors (Lipinski definition) is 4. The van der Waals surface area contributed by atoms with Gasteiger partial charge in [0.2, 0.25) is 5.43 Å². The van der Waals surface area contributed by atoms with Crippen LogP contribution in [0.25, 0.3) is 5.69 Å². The van der Waals surface area contributed by atoms with Gasteiger partial charge in [0, 0.05) is 36.5 Å². The summed E-state index contributed by atoms with van der Waals surface area (Å²) in [4.78, 5) is 24.4. The molecule has 4 rings (SSSR count). The fourth-order valence-corrected chi connectivity index (χ4v) is 3.86. The van der Waals surface area contributed by atoms with Crippen molar-refractivity contribution in [3.63, 3.8) is 0 Å². The number of halogens is 3. The van der Waals surface area contributed by atoms with Crippen molar-refractivity contribution in [2.45, 2.75) is 32.1 Å². The third-order valence-corrected chi connectivity index (χ3v) is 5.58. The van der Waals surface area contributed by atoms with Crippen molar-refractivity contribution in [3.8, 4) is 5.69 Å². The lowest BCUT2D eigenvalue weighted by molar-refractivity contribution is 0.142. The summed E-state index contributed by atoms with van der Waals surface area (Å²) in [6.45, 7) is 0.392. The van der Waals surface area contributed by atoms with Gasteiger partial charge >= 0.3 is 6.09 Å². The Morgan fingerprint density at radius 1 is 1.09 bits per heavy atom. The molecule has 1 heterocycles. The molecule has 0 spiro atoms. The molecule has 0 bridgehead atoms. The summed E-state index contributed by atoms with van der Waals surface area (Å²) in [5.74, 6) is -3.88. The average Bonchev–Trinajstić information content (AvgIpc) is 3.31. The van der Waals surface area contributed by atoms with Gasteiger partial charge in [0.25, 0.3) is 0 Å². The highest BCUT2D eigenvalue weighted by Crippen LogP contribution is 2.25. The minimum atomic E-state index is -1.58. The molecule has 6 nitrogen and oxygen atoms in total. The number of nitrogens with one attached hydrogen (secondary N) is 1. The molecule has 1 N–H and O–H groups in total. The Morgan fingerprint density at radius 2 is 1.82 bits per heavy atom. The van der Waals surface area contributed by atoms with Crippen molar-refractivity contribution in [2.24, 2.45) is 5.92 Å². The van der Waals surface area contributed by atoms with Crippen molar-refractivity contribution in [2.75, 3.05) is 11.9 Å². The summed E-state index contributed by atoms with van der Waals surface area (Å²) >= 11 is 0. The van der Waals surface area contributed by atoms with E-state index in [2.05, 4.69) is 10.4 Å². The fourth-order valence-electron chi connectivity index (χ4n) is 3.86. The predicted molar refractivity (Wildman–Crippen MR) is 116 cm³/mol. The number of hydrogen-bond donors (Lipinski definition) is 1. The molecule has 9 heteroatoms. The first-order valence-corrected chi connectivity index (χ1v) is 10.7. The highest BCUT2D eigenvalue weighted by molar-refractivity contribution is 5.84. The molecule has 1 saturated carbocycles. The molecule has 0 atom stereocenters. The topological polar surface area (TPSA) is 73.2 Å². The molecule has 2 aromatic carbocycles. The highest BCUT2D eigenvalue weighted by atomic mass is 19.2. The van der Waals surface area contributed by atoms with E-state index in [-0.39, 0.29) is 23.2 Å². The Kier molecular flexibility index (Phi) is 6.76. The second-order valence-corrected chi connectivity index (χ2v) is 8.05. The second kappa shape index (κ2) is 9.89. The monoisotopic (exact) mass is 457 g/mol. The Labute approximate surface area is 188 Å². The van der Waals surface area contributed by atoms with Gasteiger partial charge in [-0.25, -0.2) is 22.6 Å². The van der Waals surface area contributed by atoms with Crippen LogP contribution in [0.2, 0.25) is 0 Å². The molecule has 0 aliphatic heterocycles. The van der Waals surface area contributed by atoms with E-state index in [0.717, 1.165) is 42.5 Å². The van der Waals surface area contributed by atoms with Crippen LogP contribution in [0.1, 0.15) is 36.9 Å². The Balaban J connectivity index is 1.47. The summed E-state index contributed by atoms with van der Waals surface area (Å²) in [5, 5.41) is 6.83. The number of benzene rings is 2. The van der Waals surface area contributed by atoms with E-state index in [9.17, 15) is 22.8 Å². The van der Waals surface area contributed by atoms with Crippen molar-refractivity contribution >= 4 is 11.8 Å². The molecule has 1 aliphatic rings. The number of anilines is 1. The van der Waals surface area contributed by atoms with Crippen LogP contribution in [0.15, 0.2) is 53.5 Å². The largest absolute Gasteiger partial charge is 0.449 e. The highest BCUT2D eigenvalue weighted by Gasteiger charge is 2.17. The molecule has 1 fully saturated rings. The number of amides is 1. The first-order valence-electron chi connectivity index (χ1n) is 10.7. The maximum Gasteiger partial charge on any atom is 0.411 e. The first-order chi connectivity index (χ1) is 15.9. The number of rotatable bonds is 6. The van der Waals surface area contributed by atoms with Gasteiger partial charge in [-0.2, -0.15) is 5.10 Å². The van der Waals surface area contributed by atoms with E-state index in [4.69, 9.17) is 4.74 Å². The van der Waals surface area contributed by atoms with Crippen LogP contribution in [0, 0.1) is 23.4 Å². The average molecular weight is 457 g/mol. The molecule has 3 aromatic rings. The SMILES string of the molecule is O=C(Nc1cccc(Cc2nn(-c3cc(F)c(F)c(F)c3)ccc2=O)c1)OCC1CCCC1. The van der Waals surface area contributed by atoms with Crippen LogP contribution >= 0.6 is 0 Å². The van der Waals surface area contributed by atoms with Gasteiger partial charge in [0.05, 0.1) is 12.3 Å². The normalized spacial score (nSPS) is 13.8. The summed E-state index contributed by atoms with van der Waals surface area (Å²) in [6, 6.07) is 9.65. The first kappa shape index (κ1) is 22.6. The molecule has 33 heavy (non-hydrogen) atoms. The molecule has 1 aliphatic carbocycles. The van der Waals surface area contributed by atoms with Crippen LogP contribution in [0.4, 0.5) is 23.7 Å². The maximum atomic E-state index is 13.6. The zero-order valence-electron chi connectivity index (χ0n) is 17.7.